The van der Waals surface area contributed by atoms with Crippen LogP contribution < -0.4 is 10.1 Å². The fourth-order valence-electron chi connectivity index (χ4n) is 2.52. The number of aromatic nitrogens is 2. The van der Waals surface area contributed by atoms with Gasteiger partial charge in [0.2, 0.25) is 29.1 Å². The van der Waals surface area contributed by atoms with Gasteiger partial charge in [-0.1, -0.05) is 0 Å². The molecule has 0 saturated carbocycles. The van der Waals surface area contributed by atoms with Crippen LogP contribution in [0.4, 0.5) is 22.0 Å². The molecule has 0 fully saturated rings. The number of furan rings is 1. The highest BCUT2D eigenvalue weighted by atomic mass is 19.2. The van der Waals surface area contributed by atoms with Crippen molar-refractivity contribution in [2.75, 3.05) is 0 Å². The van der Waals surface area contributed by atoms with Crippen LogP contribution in [0.5, 0.6) is 5.75 Å². The van der Waals surface area contributed by atoms with Gasteiger partial charge in [0, 0.05) is 7.05 Å². The largest absolute Gasteiger partial charge is 0.479 e. The highest BCUT2D eigenvalue weighted by Crippen LogP contribution is 2.29. The maximum absolute atomic E-state index is 13.6. The fraction of sp³-hybridized carbons (Fsp3) is 0.222. The lowest BCUT2D eigenvalue weighted by molar-refractivity contribution is 0.0917. The summed E-state index contributed by atoms with van der Waals surface area (Å²) < 4.78 is 78.0. The van der Waals surface area contributed by atoms with E-state index in [2.05, 4.69) is 15.2 Å². The van der Waals surface area contributed by atoms with Gasteiger partial charge in [0.25, 0.3) is 5.91 Å². The number of nitrogens with one attached hydrogen (secondary N) is 1. The number of ether oxygens (including phenoxy) is 1. The molecule has 0 radical (unpaired) electrons. The molecule has 11 heteroatoms. The van der Waals surface area contributed by atoms with Gasteiger partial charge >= 0.3 is 0 Å². The topological polar surface area (TPSA) is 69.3 Å². The second kappa shape index (κ2) is 7.94. The zero-order valence-corrected chi connectivity index (χ0v) is 15.2. The minimum atomic E-state index is -2.28. The van der Waals surface area contributed by atoms with Crippen molar-refractivity contribution in [3.8, 4) is 5.75 Å². The molecule has 154 valence electrons. The molecule has 1 amide bonds. The molecule has 0 saturated heterocycles. The number of halogens is 5. The van der Waals surface area contributed by atoms with Crippen molar-refractivity contribution in [1.29, 1.82) is 0 Å². The first-order chi connectivity index (χ1) is 13.7. The molecule has 1 aromatic carbocycles. The van der Waals surface area contributed by atoms with E-state index in [1.54, 1.807) is 24.7 Å². The van der Waals surface area contributed by atoms with Crippen LogP contribution in [-0.2, 0) is 20.2 Å². The Kier molecular flexibility index (Phi) is 5.57. The lowest BCUT2D eigenvalue weighted by atomic mass is 10.2. The summed E-state index contributed by atoms with van der Waals surface area (Å²) in [7, 11) is 1.72. The van der Waals surface area contributed by atoms with Crippen LogP contribution in [0.1, 0.15) is 27.7 Å². The Hall–Kier alpha value is -3.37. The van der Waals surface area contributed by atoms with E-state index in [9.17, 15) is 26.7 Å². The summed E-state index contributed by atoms with van der Waals surface area (Å²) >= 11 is 0. The number of benzene rings is 1. The summed E-state index contributed by atoms with van der Waals surface area (Å²) in [4.78, 5) is 12.1. The monoisotopic (exact) mass is 415 g/mol. The number of aryl methyl sites for hydroxylation is 2. The summed E-state index contributed by atoms with van der Waals surface area (Å²) in [5.74, 6) is -12.9. The molecule has 0 aliphatic heterocycles. The Morgan fingerprint density at radius 1 is 1.10 bits per heavy atom. The first kappa shape index (κ1) is 20.4. The number of hydrogen-bond donors (Lipinski definition) is 1. The minimum Gasteiger partial charge on any atom is -0.479 e. The number of rotatable bonds is 6. The molecule has 3 rings (SSSR count). The molecule has 0 aliphatic carbocycles. The first-order valence-corrected chi connectivity index (χ1v) is 8.19. The summed E-state index contributed by atoms with van der Waals surface area (Å²) in [6.07, 6.45) is 0. The van der Waals surface area contributed by atoms with Crippen molar-refractivity contribution >= 4 is 5.91 Å². The molecule has 0 atom stereocenters. The van der Waals surface area contributed by atoms with E-state index >= 15 is 0 Å². The van der Waals surface area contributed by atoms with Crippen LogP contribution in [0, 0.1) is 36.0 Å². The van der Waals surface area contributed by atoms with Crippen molar-refractivity contribution in [2.24, 2.45) is 7.05 Å². The first-order valence-electron chi connectivity index (χ1n) is 8.19. The molecule has 0 aliphatic rings. The molecule has 0 bridgehead atoms. The maximum Gasteiger partial charge on any atom is 0.287 e. The molecular formula is C18H14F5N3O3. The predicted molar refractivity (Wildman–Crippen MR) is 88.4 cm³/mol. The standard InChI is InChI=1S/C18H14F5N3O3/c1-8-5-9(26(2)25-8)6-24-18(27)11-4-3-10(29-11)7-28-17-15(22)13(20)12(19)14(21)16(17)23/h3-5H,6-7H2,1-2H3,(H,24,27). The predicted octanol–water partition coefficient (Wildman–Crippen LogP) is 3.53. The van der Waals surface area contributed by atoms with Gasteiger partial charge in [-0.15, -0.1) is 0 Å². The molecule has 1 N–H and O–H groups in total. The minimum absolute atomic E-state index is 0.0598. The van der Waals surface area contributed by atoms with E-state index in [0.717, 1.165) is 11.4 Å². The van der Waals surface area contributed by atoms with Gasteiger partial charge in [-0.05, 0) is 25.1 Å². The molecule has 0 unspecified atom stereocenters. The fourth-order valence-corrected chi connectivity index (χ4v) is 2.52. The van der Waals surface area contributed by atoms with Crippen LogP contribution in [0.25, 0.3) is 0 Å². The SMILES string of the molecule is Cc1cc(CNC(=O)c2ccc(COc3c(F)c(F)c(F)c(F)c3F)o2)n(C)n1. The van der Waals surface area contributed by atoms with Gasteiger partial charge in [-0.2, -0.15) is 13.9 Å². The quantitative estimate of drug-likeness (QED) is 0.380. The van der Waals surface area contributed by atoms with Crippen molar-refractivity contribution in [3.63, 3.8) is 0 Å². The third-order valence-electron chi connectivity index (χ3n) is 3.94. The third-order valence-corrected chi connectivity index (χ3v) is 3.94. The van der Waals surface area contributed by atoms with Crippen molar-refractivity contribution in [2.45, 2.75) is 20.1 Å². The van der Waals surface area contributed by atoms with Crippen LogP contribution in [0.3, 0.4) is 0 Å². The van der Waals surface area contributed by atoms with Gasteiger partial charge in [0.05, 0.1) is 17.9 Å². The van der Waals surface area contributed by atoms with E-state index in [0.29, 0.717) is 0 Å². The second-order valence-corrected chi connectivity index (χ2v) is 6.04. The Morgan fingerprint density at radius 3 is 2.31 bits per heavy atom. The average molecular weight is 415 g/mol. The van der Waals surface area contributed by atoms with Gasteiger partial charge in [-0.3, -0.25) is 9.48 Å². The molecule has 6 nitrogen and oxygen atoms in total. The smallest absolute Gasteiger partial charge is 0.287 e. The van der Waals surface area contributed by atoms with Crippen molar-refractivity contribution in [1.82, 2.24) is 15.1 Å². The highest BCUT2D eigenvalue weighted by molar-refractivity contribution is 5.91. The molecule has 2 aromatic heterocycles. The molecule has 2 heterocycles. The third kappa shape index (κ3) is 4.08. The highest BCUT2D eigenvalue weighted by Gasteiger charge is 2.27. The Labute approximate surface area is 160 Å². The average Bonchev–Trinajstić information content (AvgIpc) is 3.29. The van der Waals surface area contributed by atoms with Gasteiger partial charge in [0.1, 0.15) is 12.4 Å². The lowest BCUT2D eigenvalue weighted by Crippen LogP contribution is -2.23. The number of hydrogen-bond acceptors (Lipinski definition) is 4. The van der Waals surface area contributed by atoms with E-state index < -0.39 is 47.3 Å². The van der Waals surface area contributed by atoms with E-state index in [-0.39, 0.29) is 18.1 Å². The Balaban J connectivity index is 1.65. The zero-order valence-electron chi connectivity index (χ0n) is 15.2. The number of carbonyl (C=O) groups excluding carboxylic acids is 1. The zero-order chi connectivity index (χ0) is 21.3. The summed E-state index contributed by atoms with van der Waals surface area (Å²) in [5, 5.41) is 6.74. The van der Waals surface area contributed by atoms with Crippen molar-refractivity contribution < 1.29 is 35.9 Å². The number of carbonyl (C=O) groups is 1. The number of amides is 1. The van der Waals surface area contributed by atoms with Crippen LogP contribution in [0.15, 0.2) is 22.6 Å². The molecule has 29 heavy (non-hydrogen) atoms. The van der Waals surface area contributed by atoms with E-state index in [1.807, 2.05) is 0 Å². The summed E-state index contributed by atoms with van der Waals surface area (Å²) in [5.41, 5.74) is 1.53. The lowest BCUT2D eigenvalue weighted by Gasteiger charge is -2.09. The Morgan fingerprint density at radius 2 is 1.72 bits per heavy atom. The van der Waals surface area contributed by atoms with Crippen LogP contribution in [-0.4, -0.2) is 15.7 Å². The molecule has 3 aromatic rings. The summed E-state index contributed by atoms with van der Waals surface area (Å²) in [6, 6.07) is 4.34. The van der Waals surface area contributed by atoms with Crippen LogP contribution >= 0.6 is 0 Å². The van der Waals surface area contributed by atoms with E-state index in [1.165, 1.54) is 12.1 Å². The maximum atomic E-state index is 13.6. The Bertz CT molecular complexity index is 1050. The normalized spacial score (nSPS) is 11.0. The van der Waals surface area contributed by atoms with Crippen molar-refractivity contribution in [3.05, 3.63) is 70.2 Å². The summed E-state index contributed by atoms with van der Waals surface area (Å²) in [6.45, 7) is 1.31. The van der Waals surface area contributed by atoms with E-state index in [4.69, 9.17) is 4.42 Å². The molecule has 0 spiro atoms. The number of nitrogens with zero attached hydrogens (tertiary/aromatic N) is 2. The molecular weight excluding hydrogens is 401 g/mol. The second-order valence-electron chi connectivity index (χ2n) is 6.04. The van der Waals surface area contributed by atoms with Crippen LogP contribution in [0.2, 0.25) is 0 Å². The van der Waals surface area contributed by atoms with Gasteiger partial charge < -0.3 is 14.5 Å². The van der Waals surface area contributed by atoms with Gasteiger partial charge in [-0.25, -0.2) is 13.2 Å². The van der Waals surface area contributed by atoms with Gasteiger partial charge in [0.15, 0.2) is 11.5 Å².